The van der Waals surface area contributed by atoms with Gasteiger partial charge in [0.25, 0.3) is 0 Å². The molecule has 1 aromatic carbocycles. The van der Waals surface area contributed by atoms with Crippen LogP contribution in [0.4, 0.5) is 4.39 Å². The van der Waals surface area contributed by atoms with Crippen LogP contribution >= 0.6 is 0 Å². The first-order valence-electron chi connectivity index (χ1n) is 8.38. The molecule has 0 N–H and O–H groups in total. The molecule has 0 unspecified atom stereocenters. The molecule has 7 heteroatoms. The van der Waals surface area contributed by atoms with Crippen molar-refractivity contribution in [3.8, 4) is 17.0 Å². The van der Waals surface area contributed by atoms with E-state index in [2.05, 4.69) is 15.0 Å². The third-order valence-corrected chi connectivity index (χ3v) is 4.04. The Kier molecular flexibility index (Phi) is 4.76. The lowest BCUT2D eigenvalue weighted by Crippen LogP contribution is -1.96. The van der Waals surface area contributed by atoms with E-state index in [1.165, 1.54) is 12.1 Å². The second-order valence-electron chi connectivity index (χ2n) is 5.97. The number of imidazole rings is 1. The maximum absolute atomic E-state index is 13.6. The second kappa shape index (κ2) is 7.51. The van der Waals surface area contributed by atoms with Crippen molar-refractivity contribution in [3.63, 3.8) is 0 Å². The third-order valence-electron chi connectivity index (χ3n) is 4.04. The van der Waals surface area contributed by atoms with E-state index in [-0.39, 0.29) is 5.82 Å². The van der Waals surface area contributed by atoms with Crippen LogP contribution in [0.25, 0.3) is 16.9 Å². The minimum absolute atomic E-state index is 0.293. The fraction of sp³-hybridized carbons (Fsp3) is 0.150. The predicted octanol–water partition coefficient (Wildman–Crippen LogP) is 3.66. The Hall–Kier alpha value is -3.32. The Morgan fingerprint density at radius 3 is 2.81 bits per heavy atom. The summed E-state index contributed by atoms with van der Waals surface area (Å²) in [5, 5.41) is 0. The summed E-state index contributed by atoms with van der Waals surface area (Å²) >= 11 is 0. The molecule has 0 bridgehead atoms. The molecule has 0 atom stereocenters. The maximum atomic E-state index is 13.6. The van der Waals surface area contributed by atoms with Crippen LogP contribution in [0.3, 0.4) is 0 Å². The summed E-state index contributed by atoms with van der Waals surface area (Å²) in [4.78, 5) is 13.0. The van der Waals surface area contributed by atoms with E-state index in [0.29, 0.717) is 24.9 Å². The summed E-state index contributed by atoms with van der Waals surface area (Å²) in [7, 11) is 1.58. The van der Waals surface area contributed by atoms with Crippen LogP contribution in [0.15, 0.2) is 61.2 Å². The Bertz CT molecular complexity index is 1070. The van der Waals surface area contributed by atoms with Gasteiger partial charge in [0.15, 0.2) is 0 Å². The maximum Gasteiger partial charge on any atom is 0.234 e. The average Bonchev–Trinajstić information content (AvgIpc) is 3.10. The van der Waals surface area contributed by atoms with Gasteiger partial charge in [-0.1, -0.05) is 12.1 Å². The molecule has 0 spiro atoms. The largest absolute Gasteiger partial charge is 0.471 e. The molecule has 3 heterocycles. The van der Waals surface area contributed by atoms with Gasteiger partial charge in [0.2, 0.25) is 11.7 Å². The summed E-state index contributed by atoms with van der Waals surface area (Å²) in [5.74, 6) is 0.809. The van der Waals surface area contributed by atoms with E-state index in [0.717, 1.165) is 22.4 Å². The summed E-state index contributed by atoms with van der Waals surface area (Å²) < 4.78 is 26.2. The van der Waals surface area contributed by atoms with Crippen LogP contribution in [0.5, 0.6) is 5.88 Å². The molecule has 0 aliphatic carbocycles. The van der Waals surface area contributed by atoms with Crippen molar-refractivity contribution in [2.75, 3.05) is 7.11 Å². The first-order chi connectivity index (χ1) is 13.2. The molecule has 27 heavy (non-hydrogen) atoms. The Labute approximate surface area is 155 Å². The van der Waals surface area contributed by atoms with Gasteiger partial charge in [-0.25, -0.2) is 19.3 Å². The molecular formula is C20H17FN4O2. The number of methoxy groups -OCH3 is 1. The summed E-state index contributed by atoms with van der Waals surface area (Å²) in [5.41, 5.74) is 3.22. The van der Waals surface area contributed by atoms with Crippen LogP contribution in [0.1, 0.15) is 11.3 Å². The molecule has 3 aromatic heterocycles. The number of halogens is 1. The normalized spacial score (nSPS) is 11.0. The highest BCUT2D eigenvalue weighted by Crippen LogP contribution is 2.25. The lowest BCUT2D eigenvalue weighted by molar-refractivity contribution is 0.185. The molecule has 136 valence electrons. The fourth-order valence-electron chi connectivity index (χ4n) is 2.84. The number of nitrogens with zero attached hydrogens (tertiary/aromatic N) is 4. The SMILES string of the molecule is COCc1cc(F)ccc1-c1cnc2nc(COc3ccccn3)cn2c1. The molecule has 0 aliphatic heterocycles. The standard InChI is InChI=1S/C20H17FN4O2/c1-26-12-14-8-16(21)5-6-18(14)15-9-23-20-24-17(11-25(20)10-15)13-27-19-4-2-3-7-22-19/h2-11H,12-13H2,1H3. The van der Waals surface area contributed by atoms with Crippen LogP contribution in [0, 0.1) is 5.82 Å². The molecule has 0 fully saturated rings. The van der Waals surface area contributed by atoms with Crippen LogP contribution < -0.4 is 4.74 Å². The van der Waals surface area contributed by atoms with Gasteiger partial charge in [-0.2, -0.15) is 0 Å². The van der Waals surface area contributed by atoms with Crippen molar-refractivity contribution in [3.05, 3.63) is 78.3 Å². The third kappa shape index (κ3) is 3.78. The van der Waals surface area contributed by atoms with Gasteiger partial charge in [-0.3, -0.25) is 4.40 Å². The number of fused-ring (bicyclic) bond motifs is 1. The van der Waals surface area contributed by atoms with Crippen molar-refractivity contribution in [1.29, 1.82) is 0 Å². The molecule has 6 nitrogen and oxygen atoms in total. The highest BCUT2D eigenvalue weighted by Gasteiger charge is 2.10. The Balaban J connectivity index is 1.61. The van der Waals surface area contributed by atoms with E-state index in [1.54, 1.807) is 31.6 Å². The molecule has 0 amide bonds. The first-order valence-corrected chi connectivity index (χ1v) is 8.38. The molecule has 0 saturated carbocycles. The summed E-state index contributed by atoms with van der Waals surface area (Å²) in [6, 6.07) is 10.1. The van der Waals surface area contributed by atoms with Gasteiger partial charge < -0.3 is 9.47 Å². The number of hydrogen-bond donors (Lipinski definition) is 0. The summed E-state index contributed by atoms with van der Waals surface area (Å²) in [6.45, 7) is 0.611. The number of pyridine rings is 1. The van der Waals surface area contributed by atoms with Gasteiger partial charge in [0.05, 0.1) is 12.3 Å². The minimum Gasteiger partial charge on any atom is -0.471 e. The van der Waals surface area contributed by atoms with Gasteiger partial charge in [-0.15, -0.1) is 0 Å². The molecule has 4 aromatic rings. The number of rotatable bonds is 6. The molecule has 0 saturated heterocycles. The van der Waals surface area contributed by atoms with E-state index < -0.39 is 0 Å². The zero-order valence-corrected chi connectivity index (χ0v) is 14.7. The molecule has 0 aliphatic rings. The topological polar surface area (TPSA) is 61.5 Å². The molecule has 0 radical (unpaired) electrons. The van der Waals surface area contributed by atoms with Crippen molar-refractivity contribution in [1.82, 2.24) is 19.4 Å². The number of ether oxygens (including phenoxy) is 2. The predicted molar refractivity (Wildman–Crippen MR) is 97.7 cm³/mol. The summed E-state index contributed by atoms with van der Waals surface area (Å²) in [6.07, 6.45) is 7.16. The zero-order chi connectivity index (χ0) is 18.6. The van der Waals surface area contributed by atoms with E-state index in [9.17, 15) is 4.39 Å². The number of hydrogen-bond acceptors (Lipinski definition) is 5. The quantitative estimate of drug-likeness (QED) is 0.523. The van der Waals surface area contributed by atoms with Crippen molar-refractivity contribution in [2.45, 2.75) is 13.2 Å². The van der Waals surface area contributed by atoms with Crippen molar-refractivity contribution < 1.29 is 13.9 Å². The molecular weight excluding hydrogens is 347 g/mol. The zero-order valence-electron chi connectivity index (χ0n) is 14.7. The fourth-order valence-corrected chi connectivity index (χ4v) is 2.84. The number of aromatic nitrogens is 4. The Morgan fingerprint density at radius 2 is 2.00 bits per heavy atom. The van der Waals surface area contributed by atoms with Gasteiger partial charge in [0.1, 0.15) is 12.4 Å². The first kappa shape index (κ1) is 17.1. The monoisotopic (exact) mass is 364 g/mol. The average molecular weight is 364 g/mol. The van der Waals surface area contributed by atoms with Crippen LogP contribution in [-0.2, 0) is 18.0 Å². The van der Waals surface area contributed by atoms with Gasteiger partial charge >= 0.3 is 0 Å². The van der Waals surface area contributed by atoms with Crippen LogP contribution in [0.2, 0.25) is 0 Å². The molecule has 4 rings (SSSR count). The minimum atomic E-state index is -0.295. The van der Waals surface area contributed by atoms with Gasteiger partial charge in [-0.05, 0) is 29.3 Å². The van der Waals surface area contributed by atoms with E-state index >= 15 is 0 Å². The highest BCUT2D eigenvalue weighted by atomic mass is 19.1. The second-order valence-corrected chi connectivity index (χ2v) is 5.97. The smallest absolute Gasteiger partial charge is 0.234 e. The van der Waals surface area contributed by atoms with E-state index in [4.69, 9.17) is 9.47 Å². The van der Waals surface area contributed by atoms with Crippen molar-refractivity contribution in [2.24, 2.45) is 0 Å². The Morgan fingerprint density at radius 1 is 1.07 bits per heavy atom. The number of benzene rings is 1. The lowest BCUT2D eigenvalue weighted by Gasteiger charge is -2.09. The van der Waals surface area contributed by atoms with Crippen molar-refractivity contribution >= 4 is 5.78 Å². The van der Waals surface area contributed by atoms with Gasteiger partial charge in [0, 0.05) is 43.5 Å². The van der Waals surface area contributed by atoms with Crippen LogP contribution in [-0.4, -0.2) is 26.5 Å². The van der Waals surface area contributed by atoms with E-state index in [1.807, 2.05) is 28.9 Å². The lowest BCUT2D eigenvalue weighted by atomic mass is 10.0. The highest BCUT2D eigenvalue weighted by molar-refractivity contribution is 5.66.